The molecule has 15 heavy (non-hydrogen) atoms. The zero-order valence-corrected chi connectivity index (χ0v) is 9.48. The third kappa shape index (κ3) is 3.72. The Bertz CT molecular complexity index is 195. The van der Waals surface area contributed by atoms with Crippen molar-refractivity contribution in [3.8, 4) is 0 Å². The van der Waals surface area contributed by atoms with E-state index in [1.807, 2.05) is 0 Å². The standard InChI is InChI=1S/C11H22N2O2/c1-9-6-11(9)12-7-10(14)8-13-2-4-15-5-3-13/h9-12,14H,2-8H2,1H3. The van der Waals surface area contributed by atoms with Gasteiger partial charge in [0.25, 0.3) is 0 Å². The first-order chi connectivity index (χ1) is 7.25. The van der Waals surface area contributed by atoms with Crippen LogP contribution in [0.4, 0.5) is 0 Å². The van der Waals surface area contributed by atoms with E-state index >= 15 is 0 Å². The number of hydrogen-bond acceptors (Lipinski definition) is 4. The van der Waals surface area contributed by atoms with Gasteiger partial charge in [0.1, 0.15) is 0 Å². The highest BCUT2D eigenvalue weighted by molar-refractivity contribution is 4.90. The fourth-order valence-electron chi connectivity index (χ4n) is 2.04. The molecule has 1 saturated carbocycles. The van der Waals surface area contributed by atoms with Crippen LogP contribution in [0.2, 0.25) is 0 Å². The minimum Gasteiger partial charge on any atom is -0.390 e. The Morgan fingerprint density at radius 3 is 2.73 bits per heavy atom. The summed E-state index contributed by atoms with van der Waals surface area (Å²) < 4.78 is 5.26. The molecule has 88 valence electrons. The second-order valence-corrected chi connectivity index (χ2v) is 4.79. The number of hydrogen-bond donors (Lipinski definition) is 2. The lowest BCUT2D eigenvalue weighted by atomic mass is 10.3. The van der Waals surface area contributed by atoms with Crippen LogP contribution in [0.5, 0.6) is 0 Å². The maximum absolute atomic E-state index is 9.82. The summed E-state index contributed by atoms with van der Waals surface area (Å²) in [7, 11) is 0. The maximum Gasteiger partial charge on any atom is 0.0791 e. The average Bonchev–Trinajstić information content (AvgIpc) is 2.93. The summed E-state index contributed by atoms with van der Waals surface area (Å²) in [6.07, 6.45) is 1.03. The van der Waals surface area contributed by atoms with E-state index in [2.05, 4.69) is 17.1 Å². The highest BCUT2D eigenvalue weighted by Gasteiger charge is 2.32. The van der Waals surface area contributed by atoms with Gasteiger partial charge in [0.15, 0.2) is 0 Å². The normalized spacial score (nSPS) is 34.0. The summed E-state index contributed by atoms with van der Waals surface area (Å²) in [5.74, 6) is 0.806. The lowest BCUT2D eigenvalue weighted by Gasteiger charge is -2.28. The van der Waals surface area contributed by atoms with Gasteiger partial charge >= 0.3 is 0 Å². The van der Waals surface area contributed by atoms with Gasteiger partial charge in [-0.15, -0.1) is 0 Å². The van der Waals surface area contributed by atoms with Crippen molar-refractivity contribution in [3.63, 3.8) is 0 Å². The number of ether oxygens (including phenoxy) is 1. The van der Waals surface area contributed by atoms with E-state index in [1.165, 1.54) is 6.42 Å². The highest BCUT2D eigenvalue weighted by Crippen LogP contribution is 2.28. The minimum absolute atomic E-state index is 0.240. The summed E-state index contributed by atoms with van der Waals surface area (Å²) in [4.78, 5) is 2.27. The smallest absolute Gasteiger partial charge is 0.0791 e. The summed E-state index contributed by atoms with van der Waals surface area (Å²) in [6, 6.07) is 0.657. The molecule has 0 radical (unpaired) electrons. The molecule has 2 aliphatic rings. The molecule has 2 N–H and O–H groups in total. The summed E-state index contributed by atoms with van der Waals surface area (Å²) in [5, 5.41) is 13.2. The van der Waals surface area contributed by atoms with Gasteiger partial charge in [-0.05, 0) is 12.3 Å². The Labute approximate surface area is 91.6 Å². The van der Waals surface area contributed by atoms with Crippen molar-refractivity contribution in [2.45, 2.75) is 25.5 Å². The third-order valence-electron chi connectivity index (χ3n) is 3.30. The van der Waals surface area contributed by atoms with Crippen molar-refractivity contribution in [1.29, 1.82) is 0 Å². The van der Waals surface area contributed by atoms with Crippen molar-refractivity contribution >= 4 is 0 Å². The van der Waals surface area contributed by atoms with E-state index in [-0.39, 0.29) is 6.10 Å². The molecule has 1 aliphatic heterocycles. The van der Waals surface area contributed by atoms with Gasteiger partial charge in [-0.1, -0.05) is 6.92 Å². The van der Waals surface area contributed by atoms with Crippen LogP contribution in [-0.4, -0.2) is 61.5 Å². The number of nitrogens with zero attached hydrogens (tertiary/aromatic N) is 1. The lowest BCUT2D eigenvalue weighted by Crippen LogP contribution is -2.44. The molecule has 4 nitrogen and oxygen atoms in total. The molecule has 1 heterocycles. The van der Waals surface area contributed by atoms with Gasteiger partial charge in [-0.2, -0.15) is 0 Å². The minimum atomic E-state index is -0.240. The Morgan fingerprint density at radius 2 is 2.13 bits per heavy atom. The van der Waals surface area contributed by atoms with Crippen molar-refractivity contribution in [2.24, 2.45) is 5.92 Å². The third-order valence-corrected chi connectivity index (χ3v) is 3.30. The topological polar surface area (TPSA) is 44.7 Å². The quantitative estimate of drug-likeness (QED) is 0.658. The summed E-state index contributed by atoms with van der Waals surface area (Å²) in [6.45, 7) is 7.27. The summed E-state index contributed by atoms with van der Waals surface area (Å²) in [5.41, 5.74) is 0. The molecule has 0 amide bonds. The number of rotatable bonds is 5. The zero-order valence-electron chi connectivity index (χ0n) is 9.48. The predicted molar refractivity (Wildman–Crippen MR) is 58.8 cm³/mol. The second kappa shape index (κ2) is 5.25. The van der Waals surface area contributed by atoms with Crippen LogP contribution in [0, 0.1) is 5.92 Å². The fraction of sp³-hybridized carbons (Fsp3) is 1.00. The molecule has 1 aliphatic carbocycles. The van der Waals surface area contributed by atoms with E-state index in [4.69, 9.17) is 4.74 Å². The van der Waals surface area contributed by atoms with Crippen molar-refractivity contribution in [1.82, 2.24) is 10.2 Å². The average molecular weight is 214 g/mol. The van der Waals surface area contributed by atoms with Gasteiger partial charge in [0.2, 0.25) is 0 Å². The van der Waals surface area contributed by atoms with Gasteiger partial charge < -0.3 is 15.2 Å². The Balaban J connectivity index is 1.56. The van der Waals surface area contributed by atoms with Gasteiger partial charge in [0, 0.05) is 32.2 Å². The number of aliphatic hydroxyl groups excluding tert-OH is 1. The Morgan fingerprint density at radius 1 is 1.47 bits per heavy atom. The molecule has 1 saturated heterocycles. The van der Waals surface area contributed by atoms with E-state index in [0.29, 0.717) is 6.04 Å². The van der Waals surface area contributed by atoms with Crippen LogP contribution in [-0.2, 0) is 4.74 Å². The Hall–Kier alpha value is -0.160. The van der Waals surface area contributed by atoms with E-state index in [9.17, 15) is 5.11 Å². The molecule has 2 fully saturated rings. The van der Waals surface area contributed by atoms with Gasteiger partial charge in [0.05, 0.1) is 19.3 Å². The highest BCUT2D eigenvalue weighted by atomic mass is 16.5. The molecule has 3 unspecified atom stereocenters. The first kappa shape index (κ1) is 11.3. The molecule has 0 bridgehead atoms. The predicted octanol–water partition coefficient (Wildman–Crippen LogP) is -0.322. The molecule has 0 aromatic carbocycles. The molecule has 0 aromatic heterocycles. The molecular formula is C11H22N2O2. The molecule has 0 aromatic rings. The van der Waals surface area contributed by atoms with E-state index < -0.39 is 0 Å². The van der Waals surface area contributed by atoms with Gasteiger partial charge in [-0.25, -0.2) is 0 Å². The van der Waals surface area contributed by atoms with Crippen LogP contribution >= 0.6 is 0 Å². The fourth-order valence-corrected chi connectivity index (χ4v) is 2.04. The molecule has 2 rings (SSSR count). The number of nitrogens with one attached hydrogen (secondary N) is 1. The zero-order chi connectivity index (χ0) is 10.7. The number of aliphatic hydroxyl groups is 1. The lowest BCUT2D eigenvalue weighted by molar-refractivity contribution is 0.0148. The van der Waals surface area contributed by atoms with Crippen LogP contribution in [0.15, 0.2) is 0 Å². The maximum atomic E-state index is 9.82. The SMILES string of the molecule is CC1CC1NCC(O)CN1CCOCC1. The van der Waals surface area contributed by atoms with Crippen LogP contribution in [0.1, 0.15) is 13.3 Å². The first-order valence-corrected chi connectivity index (χ1v) is 5.97. The van der Waals surface area contributed by atoms with Gasteiger partial charge in [-0.3, -0.25) is 4.90 Å². The van der Waals surface area contributed by atoms with Crippen molar-refractivity contribution in [2.75, 3.05) is 39.4 Å². The van der Waals surface area contributed by atoms with Crippen LogP contribution < -0.4 is 5.32 Å². The Kier molecular flexibility index (Phi) is 3.97. The summed E-state index contributed by atoms with van der Waals surface area (Å²) >= 11 is 0. The monoisotopic (exact) mass is 214 g/mol. The van der Waals surface area contributed by atoms with Crippen molar-refractivity contribution in [3.05, 3.63) is 0 Å². The first-order valence-electron chi connectivity index (χ1n) is 5.97. The van der Waals surface area contributed by atoms with Crippen LogP contribution in [0.25, 0.3) is 0 Å². The molecule has 0 spiro atoms. The second-order valence-electron chi connectivity index (χ2n) is 4.79. The van der Waals surface area contributed by atoms with Crippen molar-refractivity contribution < 1.29 is 9.84 Å². The molecular weight excluding hydrogens is 192 g/mol. The molecule has 3 atom stereocenters. The molecule has 4 heteroatoms. The van der Waals surface area contributed by atoms with E-state index in [1.54, 1.807) is 0 Å². The van der Waals surface area contributed by atoms with Crippen LogP contribution in [0.3, 0.4) is 0 Å². The number of morpholine rings is 1. The van der Waals surface area contributed by atoms with E-state index in [0.717, 1.165) is 45.3 Å². The number of β-amino-alcohol motifs (C(OH)–C–C–N with tert-alkyl or cyclic N) is 1. The largest absolute Gasteiger partial charge is 0.390 e.